The molecule has 4 rings (SSSR count). The summed E-state index contributed by atoms with van der Waals surface area (Å²) in [5.74, 6) is 0.867. The van der Waals surface area contributed by atoms with Crippen molar-refractivity contribution in [2.75, 3.05) is 37.4 Å². The van der Waals surface area contributed by atoms with E-state index in [1.54, 1.807) is 36.4 Å². The molecular formula is C24H25ClN4O2. The molecule has 0 bridgehead atoms. The van der Waals surface area contributed by atoms with Gasteiger partial charge in [-0.3, -0.25) is 4.79 Å². The zero-order valence-electron chi connectivity index (χ0n) is 17.6. The van der Waals surface area contributed by atoms with Crippen LogP contribution in [0.1, 0.15) is 16.8 Å². The lowest BCUT2D eigenvalue weighted by Crippen LogP contribution is -2.31. The van der Waals surface area contributed by atoms with Gasteiger partial charge in [0.15, 0.2) is 0 Å². The summed E-state index contributed by atoms with van der Waals surface area (Å²) in [5.41, 5.74) is 2.50. The van der Waals surface area contributed by atoms with Crippen molar-refractivity contribution in [3.8, 4) is 11.6 Å². The highest BCUT2D eigenvalue weighted by molar-refractivity contribution is 6.30. The minimum atomic E-state index is -0.169. The van der Waals surface area contributed by atoms with Gasteiger partial charge in [-0.2, -0.15) is 0 Å². The molecule has 1 aliphatic heterocycles. The molecule has 1 aliphatic rings. The van der Waals surface area contributed by atoms with E-state index in [9.17, 15) is 4.79 Å². The number of likely N-dealkylation sites (N-methyl/N-ethyl adjacent to an activating group) is 1. The third-order valence-electron chi connectivity index (χ3n) is 5.42. The summed E-state index contributed by atoms with van der Waals surface area (Å²) in [6.07, 6.45) is 2.69. The van der Waals surface area contributed by atoms with Crippen LogP contribution in [0.2, 0.25) is 5.02 Å². The molecule has 1 amide bonds. The van der Waals surface area contributed by atoms with E-state index in [4.69, 9.17) is 16.3 Å². The summed E-state index contributed by atoms with van der Waals surface area (Å²) >= 11 is 5.83. The van der Waals surface area contributed by atoms with Crippen LogP contribution < -0.4 is 15.0 Å². The fraction of sp³-hybridized carbons (Fsp3) is 0.250. The van der Waals surface area contributed by atoms with Crippen molar-refractivity contribution in [2.45, 2.75) is 12.5 Å². The van der Waals surface area contributed by atoms with Gasteiger partial charge in [0.2, 0.25) is 5.88 Å². The van der Waals surface area contributed by atoms with Crippen LogP contribution in [0.4, 0.5) is 11.4 Å². The lowest BCUT2D eigenvalue weighted by atomic mass is 10.2. The molecule has 31 heavy (non-hydrogen) atoms. The van der Waals surface area contributed by atoms with E-state index >= 15 is 0 Å². The van der Waals surface area contributed by atoms with Gasteiger partial charge in [0, 0.05) is 48.3 Å². The molecular weight excluding hydrogens is 412 g/mol. The lowest BCUT2D eigenvalue weighted by Gasteiger charge is -2.22. The average Bonchev–Trinajstić information content (AvgIpc) is 3.27. The number of hydrogen-bond acceptors (Lipinski definition) is 5. The number of amides is 1. The molecule has 3 aromatic rings. The van der Waals surface area contributed by atoms with Crippen molar-refractivity contribution in [3.63, 3.8) is 0 Å². The number of anilines is 2. The first kappa shape index (κ1) is 21.2. The Labute approximate surface area is 187 Å². The van der Waals surface area contributed by atoms with E-state index in [0.29, 0.717) is 28.3 Å². The Bertz CT molecular complexity index is 1020. The molecule has 1 atom stereocenters. The standard InChI is InChI=1S/C24H25ClN4O2/c1-28(2)21-13-14-29(16-21)20-8-6-19(7-9-20)27-24(30)17-3-10-22(11-4-17)31-23-12-5-18(25)15-26-23/h3-12,15,21H,13-14,16H2,1-2H3,(H,27,30). The van der Waals surface area contributed by atoms with Crippen molar-refractivity contribution in [2.24, 2.45) is 0 Å². The van der Waals surface area contributed by atoms with Gasteiger partial charge in [0.25, 0.3) is 5.91 Å². The third-order valence-corrected chi connectivity index (χ3v) is 5.65. The highest BCUT2D eigenvalue weighted by atomic mass is 35.5. The normalized spacial score (nSPS) is 15.9. The minimum absolute atomic E-state index is 0.169. The molecule has 1 unspecified atom stereocenters. The number of aromatic nitrogens is 1. The number of pyridine rings is 1. The van der Waals surface area contributed by atoms with Crippen LogP contribution in [0.15, 0.2) is 66.9 Å². The molecule has 2 aromatic carbocycles. The van der Waals surface area contributed by atoms with Gasteiger partial charge >= 0.3 is 0 Å². The molecule has 0 radical (unpaired) electrons. The number of benzene rings is 2. The van der Waals surface area contributed by atoms with E-state index < -0.39 is 0 Å². The Morgan fingerprint density at radius 2 is 1.84 bits per heavy atom. The lowest BCUT2D eigenvalue weighted by molar-refractivity contribution is 0.102. The van der Waals surface area contributed by atoms with Crippen molar-refractivity contribution >= 4 is 28.9 Å². The fourth-order valence-electron chi connectivity index (χ4n) is 3.57. The Balaban J connectivity index is 1.34. The summed E-state index contributed by atoms with van der Waals surface area (Å²) in [6, 6.07) is 18.9. The topological polar surface area (TPSA) is 57.7 Å². The van der Waals surface area contributed by atoms with E-state index in [-0.39, 0.29) is 5.91 Å². The average molecular weight is 437 g/mol. The largest absolute Gasteiger partial charge is 0.439 e. The quantitative estimate of drug-likeness (QED) is 0.594. The van der Waals surface area contributed by atoms with E-state index in [1.165, 1.54) is 18.3 Å². The number of nitrogens with one attached hydrogen (secondary N) is 1. The maximum absolute atomic E-state index is 12.6. The highest BCUT2D eigenvalue weighted by Gasteiger charge is 2.23. The van der Waals surface area contributed by atoms with Gasteiger partial charge in [0.1, 0.15) is 5.75 Å². The van der Waals surface area contributed by atoms with Crippen LogP contribution in [0.5, 0.6) is 11.6 Å². The van der Waals surface area contributed by atoms with Crippen molar-refractivity contribution in [1.82, 2.24) is 9.88 Å². The number of halogens is 1. The minimum Gasteiger partial charge on any atom is -0.439 e. The van der Waals surface area contributed by atoms with E-state index in [2.05, 4.69) is 46.3 Å². The highest BCUT2D eigenvalue weighted by Crippen LogP contribution is 2.25. The molecule has 1 N–H and O–H groups in total. The van der Waals surface area contributed by atoms with E-state index in [1.807, 2.05) is 12.1 Å². The molecule has 6 nitrogen and oxygen atoms in total. The second-order valence-corrected chi connectivity index (χ2v) is 8.23. The van der Waals surface area contributed by atoms with Gasteiger partial charge in [-0.1, -0.05) is 11.6 Å². The Hall–Kier alpha value is -3.09. The molecule has 160 valence electrons. The van der Waals surface area contributed by atoms with Gasteiger partial charge in [-0.15, -0.1) is 0 Å². The SMILES string of the molecule is CN(C)C1CCN(c2ccc(NC(=O)c3ccc(Oc4ccc(Cl)cn4)cc3)cc2)C1. The summed E-state index contributed by atoms with van der Waals surface area (Å²) in [4.78, 5) is 21.3. The molecule has 2 heterocycles. The Morgan fingerprint density at radius 3 is 2.45 bits per heavy atom. The molecule has 1 saturated heterocycles. The zero-order chi connectivity index (χ0) is 21.8. The number of carbonyl (C=O) groups excluding carboxylic acids is 1. The van der Waals surface area contributed by atoms with Crippen LogP contribution in [0.3, 0.4) is 0 Å². The number of rotatable bonds is 6. The van der Waals surface area contributed by atoms with Crippen LogP contribution in [0, 0.1) is 0 Å². The first-order valence-corrected chi connectivity index (χ1v) is 10.6. The van der Waals surface area contributed by atoms with Gasteiger partial charge < -0.3 is 19.9 Å². The summed E-state index contributed by atoms with van der Waals surface area (Å²) in [5, 5.41) is 3.49. The van der Waals surface area contributed by atoms with Crippen LogP contribution in [-0.4, -0.2) is 49.0 Å². The van der Waals surface area contributed by atoms with Crippen molar-refractivity contribution < 1.29 is 9.53 Å². The smallest absolute Gasteiger partial charge is 0.255 e. The Morgan fingerprint density at radius 1 is 1.10 bits per heavy atom. The number of ether oxygens (including phenoxy) is 1. The van der Waals surface area contributed by atoms with Crippen molar-refractivity contribution in [3.05, 3.63) is 77.4 Å². The second kappa shape index (κ2) is 9.37. The van der Waals surface area contributed by atoms with Gasteiger partial charge in [-0.05, 0) is 75.1 Å². The molecule has 0 aliphatic carbocycles. The number of nitrogens with zero attached hydrogens (tertiary/aromatic N) is 3. The van der Waals surface area contributed by atoms with Crippen LogP contribution in [-0.2, 0) is 0 Å². The second-order valence-electron chi connectivity index (χ2n) is 7.79. The molecule has 7 heteroatoms. The molecule has 1 fully saturated rings. The van der Waals surface area contributed by atoms with Crippen LogP contribution >= 0.6 is 11.6 Å². The number of hydrogen-bond donors (Lipinski definition) is 1. The summed E-state index contributed by atoms with van der Waals surface area (Å²) < 4.78 is 5.66. The predicted molar refractivity (Wildman–Crippen MR) is 124 cm³/mol. The molecule has 1 aromatic heterocycles. The summed E-state index contributed by atoms with van der Waals surface area (Å²) in [7, 11) is 4.25. The maximum Gasteiger partial charge on any atom is 0.255 e. The number of carbonyl (C=O) groups is 1. The van der Waals surface area contributed by atoms with Gasteiger partial charge in [-0.25, -0.2) is 4.98 Å². The molecule has 0 spiro atoms. The van der Waals surface area contributed by atoms with Gasteiger partial charge in [0.05, 0.1) is 5.02 Å². The first-order chi connectivity index (χ1) is 15.0. The fourth-order valence-corrected chi connectivity index (χ4v) is 3.69. The molecule has 0 saturated carbocycles. The van der Waals surface area contributed by atoms with E-state index in [0.717, 1.165) is 18.8 Å². The van der Waals surface area contributed by atoms with Crippen LogP contribution in [0.25, 0.3) is 0 Å². The van der Waals surface area contributed by atoms with Crippen molar-refractivity contribution in [1.29, 1.82) is 0 Å². The zero-order valence-corrected chi connectivity index (χ0v) is 18.3. The Kier molecular flexibility index (Phi) is 6.39. The maximum atomic E-state index is 12.6. The predicted octanol–water partition coefficient (Wildman–Crippen LogP) is 4.92. The first-order valence-electron chi connectivity index (χ1n) is 10.2. The summed E-state index contributed by atoms with van der Waals surface area (Å²) in [6.45, 7) is 2.08. The monoisotopic (exact) mass is 436 g/mol. The third kappa shape index (κ3) is 5.34.